The molecule has 0 unspecified atom stereocenters. The Kier molecular flexibility index (Phi) is 4.20. The van der Waals surface area contributed by atoms with Crippen LogP contribution in [0.4, 0.5) is 9.52 Å². The molecule has 1 aliphatic rings. The van der Waals surface area contributed by atoms with Crippen molar-refractivity contribution in [2.45, 2.75) is 51.5 Å². The molecule has 2 aromatic rings. The lowest BCUT2D eigenvalue weighted by molar-refractivity contribution is 0.319. The zero-order valence-corrected chi connectivity index (χ0v) is 12.7. The lowest BCUT2D eigenvalue weighted by Crippen LogP contribution is -2.25. The molecule has 1 saturated carbocycles. The third-order valence-electron chi connectivity index (χ3n) is 4.22. The van der Waals surface area contributed by atoms with Crippen molar-refractivity contribution < 1.29 is 4.39 Å². The van der Waals surface area contributed by atoms with Crippen LogP contribution in [0.5, 0.6) is 0 Å². The van der Waals surface area contributed by atoms with Crippen molar-refractivity contribution in [3.05, 3.63) is 24.0 Å². The molecule has 0 aliphatic heterocycles. The average Bonchev–Trinajstić information content (AvgIpc) is 2.82. The number of thiazole rings is 1. The van der Waals surface area contributed by atoms with Gasteiger partial charge in [0.1, 0.15) is 5.82 Å². The predicted molar refractivity (Wildman–Crippen MR) is 83.9 cm³/mol. The van der Waals surface area contributed by atoms with E-state index in [0.29, 0.717) is 6.04 Å². The molecular weight excluding hydrogens is 271 g/mol. The zero-order chi connectivity index (χ0) is 13.9. The van der Waals surface area contributed by atoms with Gasteiger partial charge in [0, 0.05) is 6.04 Å². The molecule has 0 atom stereocenters. The molecule has 1 heterocycles. The number of fused-ring (bicyclic) bond motifs is 1. The van der Waals surface area contributed by atoms with Crippen LogP contribution >= 0.6 is 11.3 Å². The van der Waals surface area contributed by atoms with Crippen molar-refractivity contribution >= 4 is 26.7 Å². The maximum Gasteiger partial charge on any atom is 0.184 e. The first kappa shape index (κ1) is 13.8. The monoisotopic (exact) mass is 292 g/mol. The van der Waals surface area contributed by atoms with Gasteiger partial charge in [0.25, 0.3) is 0 Å². The summed E-state index contributed by atoms with van der Waals surface area (Å²) in [4.78, 5) is 4.54. The summed E-state index contributed by atoms with van der Waals surface area (Å²) in [5.74, 6) is 0.732. The Morgan fingerprint density at radius 3 is 2.85 bits per heavy atom. The Labute approximate surface area is 123 Å². The Balaban J connectivity index is 1.62. The number of rotatable bonds is 4. The molecular formula is C16H21FN2S. The Morgan fingerprint density at radius 2 is 2.10 bits per heavy atom. The number of halogens is 1. The minimum Gasteiger partial charge on any atom is -0.359 e. The molecule has 1 aromatic heterocycles. The molecule has 4 heteroatoms. The van der Waals surface area contributed by atoms with Crippen molar-refractivity contribution in [3.8, 4) is 0 Å². The van der Waals surface area contributed by atoms with Gasteiger partial charge >= 0.3 is 0 Å². The highest BCUT2D eigenvalue weighted by molar-refractivity contribution is 7.22. The predicted octanol–water partition coefficient (Wildman–Crippen LogP) is 5.21. The number of nitrogens with one attached hydrogen (secondary N) is 1. The van der Waals surface area contributed by atoms with Gasteiger partial charge in [0.05, 0.1) is 10.2 Å². The molecule has 0 radical (unpaired) electrons. The summed E-state index contributed by atoms with van der Waals surface area (Å²) in [6.07, 6.45) is 7.78. The molecule has 3 rings (SSSR count). The Bertz CT molecular complexity index is 573. The van der Waals surface area contributed by atoms with Gasteiger partial charge < -0.3 is 5.32 Å². The Morgan fingerprint density at radius 1 is 1.30 bits per heavy atom. The molecule has 1 fully saturated rings. The van der Waals surface area contributed by atoms with Gasteiger partial charge in [-0.15, -0.1) is 0 Å². The van der Waals surface area contributed by atoms with Crippen molar-refractivity contribution in [1.82, 2.24) is 4.98 Å². The van der Waals surface area contributed by atoms with Crippen molar-refractivity contribution in [2.24, 2.45) is 5.92 Å². The van der Waals surface area contributed by atoms with Crippen LogP contribution in [-0.2, 0) is 0 Å². The maximum absolute atomic E-state index is 13.2. The summed E-state index contributed by atoms with van der Waals surface area (Å²) < 4.78 is 14.1. The minimum atomic E-state index is -0.187. The van der Waals surface area contributed by atoms with E-state index in [0.717, 1.165) is 21.3 Å². The molecule has 1 N–H and O–H groups in total. The van der Waals surface area contributed by atoms with Crippen LogP contribution < -0.4 is 5.32 Å². The van der Waals surface area contributed by atoms with E-state index in [9.17, 15) is 4.39 Å². The second kappa shape index (κ2) is 6.08. The summed E-state index contributed by atoms with van der Waals surface area (Å²) >= 11 is 1.55. The fourth-order valence-corrected chi connectivity index (χ4v) is 4.11. The first-order valence-corrected chi connectivity index (χ1v) is 8.39. The van der Waals surface area contributed by atoms with Gasteiger partial charge in [-0.1, -0.05) is 31.1 Å². The first-order valence-electron chi connectivity index (χ1n) is 7.57. The number of benzene rings is 1. The maximum atomic E-state index is 13.2. The normalized spacial score (nSPS) is 23.1. The van der Waals surface area contributed by atoms with E-state index in [4.69, 9.17) is 0 Å². The highest BCUT2D eigenvalue weighted by Gasteiger charge is 2.21. The summed E-state index contributed by atoms with van der Waals surface area (Å²) in [6, 6.07) is 5.33. The highest BCUT2D eigenvalue weighted by atomic mass is 32.1. The van der Waals surface area contributed by atoms with Gasteiger partial charge in [-0.05, 0) is 49.8 Å². The zero-order valence-electron chi connectivity index (χ0n) is 11.9. The topological polar surface area (TPSA) is 24.9 Å². The third-order valence-corrected chi connectivity index (χ3v) is 5.17. The van der Waals surface area contributed by atoms with Gasteiger partial charge in [0.2, 0.25) is 0 Å². The van der Waals surface area contributed by atoms with E-state index in [1.54, 1.807) is 23.5 Å². The fraction of sp³-hybridized carbons (Fsp3) is 0.562. The van der Waals surface area contributed by atoms with Crippen LogP contribution in [0.3, 0.4) is 0 Å². The third kappa shape index (κ3) is 3.11. The Hall–Kier alpha value is -1.16. The summed E-state index contributed by atoms with van der Waals surface area (Å²) in [5.41, 5.74) is 0.888. The first-order chi connectivity index (χ1) is 9.74. The molecule has 1 aliphatic carbocycles. The van der Waals surface area contributed by atoms with Crippen LogP contribution in [-0.4, -0.2) is 11.0 Å². The molecule has 2 nitrogen and oxygen atoms in total. The molecule has 0 saturated heterocycles. The number of aromatic nitrogens is 1. The van der Waals surface area contributed by atoms with Gasteiger partial charge in [0.15, 0.2) is 5.13 Å². The molecule has 1 aromatic carbocycles. The summed E-state index contributed by atoms with van der Waals surface area (Å²) in [5, 5.41) is 4.47. The van der Waals surface area contributed by atoms with E-state index < -0.39 is 0 Å². The van der Waals surface area contributed by atoms with Crippen molar-refractivity contribution in [2.75, 3.05) is 5.32 Å². The molecule has 0 spiro atoms. The number of anilines is 1. The van der Waals surface area contributed by atoms with Crippen molar-refractivity contribution in [3.63, 3.8) is 0 Å². The lowest BCUT2D eigenvalue weighted by Gasteiger charge is -2.28. The molecule has 20 heavy (non-hydrogen) atoms. The second-order valence-electron chi connectivity index (χ2n) is 5.78. The van der Waals surface area contributed by atoms with Gasteiger partial charge in [-0.25, -0.2) is 9.37 Å². The van der Waals surface area contributed by atoms with Gasteiger partial charge in [-0.3, -0.25) is 0 Å². The minimum absolute atomic E-state index is 0.187. The van der Waals surface area contributed by atoms with E-state index >= 15 is 0 Å². The smallest absolute Gasteiger partial charge is 0.184 e. The largest absolute Gasteiger partial charge is 0.359 e. The second-order valence-corrected chi connectivity index (χ2v) is 6.81. The average molecular weight is 292 g/mol. The highest BCUT2D eigenvalue weighted by Crippen LogP contribution is 2.32. The van der Waals surface area contributed by atoms with Crippen LogP contribution in [0.15, 0.2) is 18.2 Å². The molecule has 0 amide bonds. The number of hydrogen-bond acceptors (Lipinski definition) is 3. The number of hydrogen-bond donors (Lipinski definition) is 1. The van der Waals surface area contributed by atoms with Crippen LogP contribution in [0, 0.1) is 11.7 Å². The van der Waals surface area contributed by atoms with Crippen LogP contribution in [0.25, 0.3) is 10.2 Å². The summed E-state index contributed by atoms with van der Waals surface area (Å²) in [6.45, 7) is 2.27. The van der Waals surface area contributed by atoms with E-state index in [-0.39, 0.29) is 5.82 Å². The van der Waals surface area contributed by atoms with Crippen LogP contribution in [0.2, 0.25) is 0 Å². The fourth-order valence-electron chi connectivity index (χ4n) is 3.14. The standard InChI is InChI=1S/C16H21FN2S/c1-2-3-11-4-7-13(8-5-11)18-16-19-14-9-6-12(17)10-15(14)20-16/h6,9-11,13H,2-5,7-8H2,1H3,(H,18,19). The lowest BCUT2D eigenvalue weighted by atomic mass is 9.83. The quantitative estimate of drug-likeness (QED) is 0.837. The van der Waals surface area contributed by atoms with E-state index in [1.165, 1.54) is 44.6 Å². The van der Waals surface area contributed by atoms with Gasteiger partial charge in [-0.2, -0.15) is 0 Å². The molecule has 108 valence electrons. The van der Waals surface area contributed by atoms with Crippen LogP contribution in [0.1, 0.15) is 45.4 Å². The summed E-state index contributed by atoms with van der Waals surface area (Å²) in [7, 11) is 0. The van der Waals surface area contributed by atoms with Crippen molar-refractivity contribution in [1.29, 1.82) is 0 Å². The van der Waals surface area contributed by atoms with E-state index in [2.05, 4.69) is 17.2 Å². The van der Waals surface area contributed by atoms with E-state index in [1.807, 2.05) is 0 Å². The number of nitrogens with zero attached hydrogens (tertiary/aromatic N) is 1. The SMILES string of the molecule is CCCC1CCC(Nc2nc3ccc(F)cc3s2)CC1. The molecule has 0 bridgehead atoms.